The molecule has 0 bridgehead atoms. The van der Waals surface area contributed by atoms with Gasteiger partial charge in [0, 0.05) is 15.3 Å². The third-order valence-electron chi connectivity index (χ3n) is 1.99. The minimum absolute atomic E-state index is 0.102. The summed E-state index contributed by atoms with van der Waals surface area (Å²) in [4.78, 5) is 1.25. The number of fused-ring (bicyclic) bond motifs is 1. The van der Waals surface area contributed by atoms with E-state index in [1.807, 2.05) is 18.2 Å². The fraction of sp³-hybridized carbons (Fsp3) is 0.200. The van der Waals surface area contributed by atoms with Gasteiger partial charge in [-0.05, 0) is 36.1 Å². The molecule has 1 atom stereocenters. The third-order valence-corrected chi connectivity index (χ3v) is 3.59. The van der Waals surface area contributed by atoms with Crippen LogP contribution >= 0.6 is 11.3 Å². The van der Waals surface area contributed by atoms with Gasteiger partial charge in [-0.15, -0.1) is 11.3 Å². The van der Waals surface area contributed by atoms with Gasteiger partial charge in [-0.25, -0.2) is 0 Å². The van der Waals surface area contributed by atoms with Gasteiger partial charge in [-0.2, -0.15) is 0 Å². The standard InChI is InChI=1S/C10H10O2S2/c1-7-4-9-5-8(6-14(11)12)2-3-10(9)13-7/h2-5H,6H2,1H3,(H,11,12)/p-1. The van der Waals surface area contributed by atoms with Gasteiger partial charge in [0.2, 0.25) is 0 Å². The van der Waals surface area contributed by atoms with Gasteiger partial charge in [-0.1, -0.05) is 17.1 Å². The Bertz CT molecular complexity index is 488. The Morgan fingerprint density at radius 3 is 2.93 bits per heavy atom. The Hall–Kier alpha value is -0.710. The summed E-state index contributed by atoms with van der Waals surface area (Å²) in [6, 6.07) is 7.87. The van der Waals surface area contributed by atoms with E-state index in [4.69, 9.17) is 0 Å². The second kappa shape index (κ2) is 3.81. The van der Waals surface area contributed by atoms with Crippen molar-refractivity contribution in [1.82, 2.24) is 0 Å². The molecule has 2 nitrogen and oxygen atoms in total. The fourth-order valence-corrected chi connectivity index (χ4v) is 2.81. The highest BCUT2D eigenvalue weighted by atomic mass is 32.2. The van der Waals surface area contributed by atoms with Crippen molar-refractivity contribution >= 4 is 32.5 Å². The first kappa shape index (κ1) is 9.83. The summed E-state index contributed by atoms with van der Waals surface area (Å²) in [5, 5.41) is 1.13. The molecule has 0 saturated heterocycles. The normalized spacial score (nSPS) is 13.3. The zero-order valence-corrected chi connectivity index (χ0v) is 9.28. The molecule has 74 valence electrons. The molecular formula is C10H9O2S2-. The van der Waals surface area contributed by atoms with Crippen LogP contribution in [0.1, 0.15) is 10.4 Å². The Morgan fingerprint density at radius 2 is 2.21 bits per heavy atom. The average Bonchev–Trinajstić information content (AvgIpc) is 2.42. The van der Waals surface area contributed by atoms with Crippen molar-refractivity contribution in [3.8, 4) is 0 Å². The number of aryl methyl sites for hydroxylation is 1. The molecule has 0 radical (unpaired) electrons. The van der Waals surface area contributed by atoms with E-state index in [0.717, 1.165) is 10.9 Å². The lowest BCUT2D eigenvalue weighted by atomic mass is 10.2. The van der Waals surface area contributed by atoms with Gasteiger partial charge in [0.25, 0.3) is 0 Å². The molecular weight excluding hydrogens is 216 g/mol. The molecule has 0 fully saturated rings. The van der Waals surface area contributed by atoms with Gasteiger partial charge in [-0.3, -0.25) is 4.21 Å². The van der Waals surface area contributed by atoms with Gasteiger partial charge >= 0.3 is 0 Å². The number of thiophene rings is 1. The van der Waals surface area contributed by atoms with Crippen LogP contribution in [0.4, 0.5) is 0 Å². The average molecular weight is 225 g/mol. The first-order valence-electron chi connectivity index (χ1n) is 4.20. The lowest BCUT2D eigenvalue weighted by molar-refractivity contribution is 0.536. The van der Waals surface area contributed by atoms with Crippen molar-refractivity contribution in [2.45, 2.75) is 12.7 Å². The maximum Gasteiger partial charge on any atom is 0.0353 e. The number of benzene rings is 1. The summed E-state index contributed by atoms with van der Waals surface area (Å²) < 4.78 is 22.2. The van der Waals surface area contributed by atoms with Crippen LogP contribution in [0.2, 0.25) is 0 Å². The van der Waals surface area contributed by atoms with Crippen LogP contribution in [0.5, 0.6) is 0 Å². The minimum atomic E-state index is -2.00. The van der Waals surface area contributed by atoms with Gasteiger partial charge in [0.1, 0.15) is 0 Å². The monoisotopic (exact) mass is 225 g/mol. The van der Waals surface area contributed by atoms with E-state index < -0.39 is 11.1 Å². The maximum atomic E-state index is 10.5. The minimum Gasteiger partial charge on any atom is -0.772 e. The molecule has 0 aliphatic heterocycles. The summed E-state index contributed by atoms with van der Waals surface area (Å²) in [5.41, 5.74) is 0.851. The summed E-state index contributed by atoms with van der Waals surface area (Å²) in [6.07, 6.45) is 0. The number of rotatable bonds is 2. The van der Waals surface area contributed by atoms with Gasteiger partial charge in [0.05, 0.1) is 0 Å². The topological polar surface area (TPSA) is 40.1 Å². The molecule has 14 heavy (non-hydrogen) atoms. The molecule has 1 heterocycles. The van der Waals surface area contributed by atoms with E-state index >= 15 is 0 Å². The SMILES string of the molecule is Cc1cc2cc(CS(=O)[O-])ccc2s1. The Kier molecular flexibility index (Phi) is 2.67. The van der Waals surface area contributed by atoms with E-state index in [-0.39, 0.29) is 5.75 Å². The highest BCUT2D eigenvalue weighted by molar-refractivity contribution is 7.78. The lowest BCUT2D eigenvalue weighted by Crippen LogP contribution is -1.92. The van der Waals surface area contributed by atoms with E-state index in [2.05, 4.69) is 13.0 Å². The van der Waals surface area contributed by atoms with Crippen molar-refractivity contribution in [2.24, 2.45) is 0 Å². The van der Waals surface area contributed by atoms with Crippen molar-refractivity contribution in [1.29, 1.82) is 0 Å². The summed E-state index contributed by atoms with van der Waals surface area (Å²) in [5.74, 6) is 0.102. The van der Waals surface area contributed by atoms with Crippen LogP contribution < -0.4 is 0 Å². The molecule has 0 N–H and O–H groups in total. The second-order valence-electron chi connectivity index (χ2n) is 3.18. The predicted octanol–water partition coefficient (Wildman–Crippen LogP) is 2.59. The molecule has 0 amide bonds. The molecule has 1 aromatic carbocycles. The predicted molar refractivity (Wildman–Crippen MR) is 59.2 cm³/mol. The highest BCUT2D eigenvalue weighted by Gasteiger charge is 1.99. The zero-order valence-electron chi connectivity index (χ0n) is 7.65. The van der Waals surface area contributed by atoms with E-state index in [0.29, 0.717) is 0 Å². The van der Waals surface area contributed by atoms with Gasteiger partial charge in [0.15, 0.2) is 0 Å². The molecule has 2 rings (SSSR count). The fourth-order valence-electron chi connectivity index (χ4n) is 1.45. The molecule has 0 aliphatic rings. The van der Waals surface area contributed by atoms with Crippen molar-refractivity contribution in [3.63, 3.8) is 0 Å². The van der Waals surface area contributed by atoms with Crippen LogP contribution in [0.25, 0.3) is 10.1 Å². The van der Waals surface area contributed by atoms with Crippen molar-refractivity contribution < 1.29 is 8.76 Å². The molecule has 1 unspecified atom stereocenters. The first-order chi connectivity index (χ1) is 6.65. The quantitative estimate of drug-likeness (QED) is 0.737. The maximum absolute atomic E-state index is 10.5. The third kappa shape index (κ3) is 2.03. The van der Waals surface area contributed by atoms with Crippen molar-refractivity contribution in [3.05, 3.63) is 34.7 Å². The molecule has 0 saturated carbocycles. The molecule has 0 aliphatic carbocycles. The van der Waals surface area contributed by atoms with Crippen LogP contribution in [0, 0.1) is 6.92 Å². The second-order valence-corrected chi connectivity index (χ2v) is 5.36. The Balaban J connectivity index is 2.45. The smallest absolute Gasteiger partial charge is 0.0353 e. The van der Waals surface area contributed by atoms with E-state index in [1.54, 1.807) is 11.3 Å². The largest absolute Gasteiger partial charge is 0.772 e. The van der Waals surface area contributed by atoms with Crippen LogP contribution in [-0.4, -0.2) is 8.76 Å². The van der Waals surface area contributed by atoms with Gasteiger partial charge < -0.3 is 4.55 Å². The molecule has 1 aromatic heterocycles. The summed E-state index contributed by atoms with van der Waals surface area (Å²) in [7, 11) is 0. The summed E-state index contributed by atoms with van der Waals surface area (Å²) >= 11 is -0.274. The van der Waals surface area contributed by atoms with Crippen LogP contribution in [0.15, 0.2) is 24.3 Å². The molecule has 0 spiro atoms. The summed E-state index contributed by atoms with van der Waals surface area (Å²) in [6.45, 7) is 2.05. The molecule has 2 aromatic rings. The zero-order chi connectivity index (χ0) is 10.1. The Labute approximate surface area is 88.9 Å². The van der Waals surface area contributed by atoms with Crippen molar-refractivity contribution in [2.75, 3.05) is 0 Å². The Morgan fingerprint density at radius 1 is 1.43 bits per heavy atom. The number of hydrogen-bond donors (Lipinski definition) is 0. The first-order valence-corrected chi connectivity index (χ1v) is 6.26. The lowest BCUT2D eigenvalue weighted by Gasteiger charge is -2.04. The van der Waals surface area contributed by atoms with E-state index in [9.17, 15) is 8.76 Å². The number of hydrogen-bond acceptors (Lipinski definition) is 3. The van der Waals surface area contributed by atoms with Crippen LogP contribution in [0.3, 0.4) is 0 Å². The van der Waals surface area contributed by atoms with Crippen LogP contribution in [-0.2, 0) is 16.8 Å². The van der Waals surface area contributed by atoms with E-state index in [1.165, 1.54) is 9.58 Å². The highest BCUT2D eigenvalue weighted by Crippen LogP contribution is 2.25. The molecule has 4 heteroatoms.